The highest BCUT2D eigenvalue weighted by Crippen LogP contribution is 2.47. The second-order valence-electron chi connectivity index (χ2n) is 5.79. The standard InChI is InChI=1S/C16H13Cl2F7N2O3/c1-7(5-12(28)14(19,20)15(21,22)16(23,24)25)26-27-13(29)8(2)30-11-4-3-9(17)6-10(11)18/h3-6,8,26H,1-2H3,(H,27,29)/b7-5+/t8-/m1/s1. The number of hydrazine groups is 1. The van der Waals surface area contributed by atoms with Gasteiger partial charge in [0.05, 0.1) is 5.02 Å². The van der Waals surface area contributed by atoms with Crippen LogP contribution in [0.3, 0.4) is 0 Å². The average Bonchev–Trinajstić information content (AvgIpc) is 2.60. The van der Waals surface area contributed by atoms with E-state index < -0.39 is 41.5 Å². The maximum atomic E-state index is 13.3. The van der Waals surface area contributed by atoms with Crippen LogP contribution in [0.5, 0.6) is 5.75 Å². The van der Waals surface area contributed by atoms with Crippen molar-refractivity contribution >= 4 is 34.9 Å². The normalized spacial score (nSPS) is 14.2. The first kappa shape index (κ1) is 25.8. The third kappa shape index (κ3) is 5.91. The molecule has 0 saturated heterocycles. The van der Waals surface area contributed by atoms with Crippen molar-refractivity contribution in [2.24, 2.45) is 0 Å². The predicted octanol–water partition coefficient (Wildman–Crippen LogP) is 4.69. The monoisotopic (exact) mass is 484 g/mol. The van der Waals surface area contributed by atoms with Crippen LogP contribution in [0.1, 0.15) is 13.8 Å². The van der Waals surface area contributed by atoms with Crippen LogP contribution >= 0.6 is 23.2 Å². The Balaban J connectivity index is 2.76. The molecule has 0 heterocycles. The predicted molar refractivity (Wildman–Crippen MR) is 92.5 cm³/mol. The number of allylic oxidation sites excluding steroid dienone is 2. The Hall–Kier alpha value is -2.21. The molecule has 0 aliphatic carbocycles. The average molecular weight is 485 g/mol. The third-order valence-electron chi connectivity index (χ3n) is 3.36. The first-order valence-electron chi connectivity index (χ1n) is 7.73. The van der Waals surface area contributed by atoms with Gasteiger partial charge in [0, 0.05) is 16.8 Å². The number of hydrogen-bond donors (Lipinski definition) is 2. The van der Waals surface area contributed by atoms with Crippen LogP contribution in [0.2, 0.25) is 10.0 Å². The molecular formula is C16H13Cl2F7N2O3. The second-order valence-corrected chi connectivity index (χ2v) is 6.63. The Morgan fingerprint density at radius 3 is 2.13 bits per heavy atom. The molecular weight excluding hydrogens is 472 g/mol. The summed E-state index contributed by atoms with van der Waals surface area (Å²) in [7, 11) is 0. The summed E-state index contributed by atoms with van der Waals surface area (Å²) in [5.74, 6) is -16.3. The molecule has 1 aromatic rings. The van der Waals surface area contributed by atoms with E-state index in [1.807, 2.05) is 10.9 Å². The quantitative estimate of drug-likeness (QED) is 0.319. The Bertz CT molecular complexity index is 845. The minimum Gasteiger partial charge on any atom is -0.479 e. The van der Waals surface area contributed by atoms with Crippen molar-refractivity contribution in [2.45, 2.75) is 38.0 Å². The second kappa shape index (κ2) is 9.29. The molecule has 1 rings (SSSR count). The highest BCUT2D eigenvalue weighted by atomic mass is 35.5. The summed E-state index contributed by atoms with van der Waals surface area (Å²) in [6.45, 7) is 2.12. The SMILES string of the molecule is C/C(=C\C(=O)C(F)(F)C(F)(F)C(F)(F)F)NNC(=O)[C@@H](C)Oc1ccc(Cl)cc1Cl. The van der Waals surface area contributed by atoms with Crippen LogP contribution in [0, 0.1) is 0 Å². The number of benzene rings is 1. The van der Waals surface area contributed by atoms with Crippen molar-refractivity contribution in [1.29, 1.82) is 0 Å². The number of amides is 1. The summed E-state index contributed by atoms with van der Waals surface area (Å²) in [6, 6.07) is 4.10. The molecule has 168 valence electrons. The van der Waals surface area contributed by atoms with Gasteiger partial charge in [0.2, 0.25) is 5.78 Å². The molecule has 0 spiro atoms. The van der Waals surface area contributed by atoms with E-state index in [9.17, 15) is 40.3 Å². The van der Waals surface area contributed by atoms with E-state index in [4.69, 9.17) is 27.9 Å². The van der Waals surface area contributed by atoms with E-state index in [0.29, 0.717) is 5.02 Å². The third-order valence-corrected chi connectivity index (χ3v) is 3.89. The molecule has 14 heteroatoms. The van der Waals surface area contributed by atoms with Gasteiger partial charge in [-0.15, -0.1) is 0 Å². The van der Waals surface area contributed by atoms with Gasteiger partial charge in [-0.1, -0.05) is 23.2 Å². The number of alkyl halides is 7. The molecule has 30 heavy (non-hydrogen) atoms. The number of rotatable bonds is 8. The van der Waals surface area contributed by atoms with Crippen LogP contribution in [-0.4, -0.2) is 35.8 Å². The Kier molecular flexibility index (Phi) is 8.00. The number of ketones is 1. The van der Waals surface area contributed by atoms with E-state index in [1.54, 1.807) is 0 Å². The highest BCUT2D eigenvalue weighted by Gasteiger charge is 2.75. The Morgan fingerprint density at radius 1 is 1.07 bits per heavy atom. The smallest absolute Gasteiger partial charge is 0.460 e. The van der Waals surface area contributed by atoms with E-state index in [2.05, 4.69) is 0 Å². The van der Waals surface area contributed by atoms with Crippen molar-refractivity contribution in [3.05, 3.63) is 40.0 Å². The molecule has 0 fully saturated rings. The number of carbonyl (C=O) groups excluding carboxylic acids is 2. The van der Waals surface area contributed by atoms with Crippen molar-refractivity contribution in [2.75, 3.05) is 0 Å². The molecule has 0 aliphatic heterocycles. The highest BCUT2D eigenvalue weighted by molar-refractivity contribution is 6.35. The maximum absolute atomic E-state index is 13.3. The lowest BCUT2D eigenvalue weighted by molar-refractivity contribution is -0.342. The van der Waals surface area contributed by atoms with Gasteiger partial charge in [0.1, 0.15) is 5.75 Å². The van der Waals surface area contributed by atoms with Crippen LogP contribution < -0.4 is 15.6 Å². The lowest BCUT2D eigenvalue weighted by Crippen LogP contribution is -2.55. The van der Waals surface area contributed by atoms with Crippen LogP contribution in [0.25, 0.3) is 0 Å². The molecule has 1 atom stereocenters. The lowest BCUT2D eigenvalue weighted by Gasteiger charge is -2.26. The molecule has 0 aromatic heterocycles. The van der Waals surface area contributed by atoms with Gasteiger partial charge in [-0.2, -0.15) is 30.7 Å². The van der Waals surface area contributed by atoms with Gasteiger partial charge in [-0.25, -0.2) is 0 Å². The van der Waals surface area contributed by atoms with E-state index in [1.165, 1.54) is 25.1 Å². The summed E-state index contributed by atoms with van der Waals surface area (Å²) in [5, 5.41) is 0.369. The fourth-order valence-electron chi connectivity index (χ4n) is 1.73. The van der Waals surface area contributed by atoms with Crippen molar-refractivity contribution in [1.82, 2.24) is 10.9 Å². The first-order chi connectivity index (χ1) is 13.5. The Labute approximate surface area is 175 Å². The van der Waals surface area contributed by atoms with Gasteiger partial charge < -0.3 is 10.2 Å². The van der Waals surface area contributed by atoms with Gasteiger partial charge in [0.15, 0.2) is 6.10 Å². The van der Waals surface area contributed by atoms with E-state index >= 15 is 0 Å². The van der Waals surface area contributed by atoms with E-state index in [-0.39, 0.29) is 16.8 Å². The van der Waals surface area contributed by atoms with Crippen molar-refractivity contribution in [3.8, 4) is 5.75 Å². The fourth-order valence-corrected chi connectivity index (χ4v) is 2.19. The van der Waals surface area contributed by atoms with Gasteiger partial charge >= 0.3 is 18.0 Å². The first-order valence-corrected chi connectivity index (χ1v) is 8.49. The summed E-state index contributed by atoms with van der Waals surface area (Å²) >= 11 is 11.6. The van der Waals surface area contributed by atoms with Gasteiger partial charge in [-0.3, -0.25) is 15.0 Å². The minimum atomic E-state index is -6.65. The summed E-state index contributed by atoms with van der Waals surface area (Å²) in [6.07, 6.45) is -8.08. The number of hydrogen-bond acceptors (Lipinski definition) is 4. The molecule has 0 unspecified atom stereocenters. The zero-order chi connectivity index (χ0) is 23.5. The molecule has 0 aliphatic rings. The van der Waals surface area contributed by atoms with Crippen LogP contribution in [0.15, 0.2) is 30.0 Å². The summed E-state index contributed by atoms with van der Waals surface area (Å²) in [5.41, 5.74) is 3.16. The molecule has 0 bridgehead atoms. The number of carbonyl (C=O) groups is 2. The van der Waals surface area contributed by atoms with E-state index in [0.717, 1.165) is 6.92 Å². The maximum Gasteiger partial charge on any atom is 0.460 e. The molecule has 0 saturated carbocycles. The number of ether oxygens (including phenoxy) is 1. The van der Waals surface area contributed by atoms with Crippen LogP contribution in [-0.2, 0) is 9.59 Å². The molecule has 1 aromatic carbocycles. The lowest BCUT2D eigenvalue weighted by atomic mass is 10.1. The zero-order valence-corrected chi connectivity index (χ0v) is 16.5. The zero-order valence-electron chi connectivity index (χ0n) is 15.0. The molecule has 5 nitrogen and oxygen atoms in total. The largest absolute Gasteiger partial charge is 0.479 e. The van der Waals surface area contributed by atoms with Crippen LogP contribution in [0.4, 0.5) is 30.7 Å². The molecule has 1 amide bonds. The van der Waals surface area contributed by atoms with Gasteiger partial charge in [-0.05, 0) is 32.0 Å². The van der Waals surface area contributed by atoms with Gasteiger partial charge in [0.25, 0.3) is 5.91 Å². The Morgan fingerprint density at radius 2 is 1.63 bits per heavy atom. The van der Waals surface area contributed by atoms with Crippen molar-refractivity contribution in [3.63, 3.8) is 0 Å². The molecule has 2 N–H and O–H groups in total. The number of nitrogens with one attached hydrogen (secondary N) is 2. The fraction of sp³-hybridized carbons (Fsp3) is 0.375. The minimum absolute atomic E-state index is 0.0696. The summed E-state index contributed by atoms with van der Waals surface area (Å²) < 4.78 is 93.7. The number of halogens is 9. The topological polar surface area (TPSA) is 67.4 Å². The van der Waals surface area contributed by atoms with Crippen molar-refractivity contribution < 1.29 is 45.1 Å². The summed E-state index contributed by atoms with van der Waals surface area (Å²) in [4.78, 5) is 23.2. The molecule has 0 radical (unpaired) electrons.